The lowest BCUT2D eigenvalue weighted by Gasteiger charge is -2.20. The van der Waals surface area contributed by atoms with Crippen LogP contribution in [0.15, 0.2) is 47.4 Å². The normalized spacial score (nSPS) is 11.3. The fourth-order valence-electron chi connectivity index (χ4n) is 1.86. The molecule has 0 bridgehead atoms. The summed E-state index contributed by atoms with van der Waals surface area (Å²) in [5, 5.41) is 0.402. The molecule has 0 heterocycles. The topological polar surface area (TPSA) is 63.4 Å². The molecule has 0 fully saturated rings. The van der Waals surface area contributed by atoms with E-state index >= 15 is 0 Å². The Balaban J connectivity index is 2.49. The van der Waals surface area contributed by atoms with Crippen LogP contribution < -0.4 is 10.0 Å². The molecule has 0 saturated carbocycles. The highest BCUT2D eigenvalue weighted by Gasteiger charge is 2.23. The number of aryl methyl sites for hydroxylation is 1. The summed E-state index contributed by atoms with van der Waals surface area (Å²) in [5.74, 6) is 0. The van der Waals surface area contributed by atoms with Crippen molar-refractivity contribution >= 4 is 33.0 Å². The number of rotatable bonds is 3. The summed E-state index contributed by atoms with van der Waals surface area (Å²) >= 11 is 5.80. The zero-order valence-corrected chi connectivity index (χ0v) is 12.7. The van der Waals surface area contributed by atoms with Crippen molar-refractivity contribution in [3.8, 4) is 0 Å². The second-order valence-corrected chi connectivity index (χ2v) is 6.87. The van der Waals surface area contributed by atoms with Crippen molar-refractivity contribution in [2.75, 3.05) is 17.1 Å². The quantitative estimate of drug-likeness (QED) is 0.886. The van der Waals surface area contributed by atoms with Gasteiger partial charge in [0.1, 0.15) is 4.90 Å². The fourth-order valence-corrected chi connectivity index (χ4v) is 3.33. The molecule has 0 amide bonds. The maximum atomic E-state index is 12.6. The predicted octanol–water partition coefficient (Wildman–Crippen LogP) is 3.06. The molecule has 4 nitrogen and oxygen atoms in total. The molecule has 20 heavy (non-hydrogen) atoms. The predicted molar refractivity (Wildman–Crippen MR) is 82.6 cm³/mol. The Morgan fingerprint density at radius 2 is 1.85 bits per heavy atom. The summed E-state index contributed by atoms with van der Waals surface area (Å²) in [6, 6.07) is 11.6. The largest absolute Gasteiger partial charge is 0.398 e. The van der Waals surface area contributed by atoms with Gasteiger partial charge in [-0.05, 0) is 42.8 Å². The molecule has 0 unspecified atom stereocenters. The van der Waals surface area contributed by atoms with Gasteiger partial charge < -0.3 is 5.73 Å². The van der Waals surface area contributed by atoms with Crippen LogP contribution in [-0.4, -0.2) is 15.5 Å². The fraction of sp³-hybridized carbons (Fsp3) is 0.143. The smallest absolute Gasteiger partial charge is 0.266 e. The van der Waals surface area contributed by atoms with Gasteiger partial charge in [-0.25, -0.2) is 8.42 Å². The lowest BCUT2D eigenvalue weighted by Crippen LogP contribution is -2.27. The molecule has 0 aliphatic carbocycles. The van der Waals surface area contributed by atoms with Gasteiger partial charge in [0.05, 0.1) is 11.4 Å². The Kier molecular flexibility index (Phi) is 3.92. The van der Waals surface area contributed by atoms with E-state index < -0.39 is 10.0 Å². The van der Waals surface area contributed by atoms with E-state index in [0.717, 1.165) is 5.56 Å². The first-order valence-corrected chi connectivity index (χ1v) is 7.75. The molecular weight excluding hydrogens is 296 g/mol. The molecule has 2 aromatic carbocycles. The number of nitrogen functional groups attached to an aromatic ring is 1. The van der Waals surface area contributed by atoms with E-state index in [4.69, 9.17) is 17.3 Å². The number of halogens is 1. The number of nitrogens with zero attached hydrogens (tertiary/aromatic N) is 1. The highest BCUT2D eigenvalue weighted by atomic mass is 35.5. The van der Waals surface area contributed by atoms with E-state index in [-0.39, 0.29) is 10.6 Å². The van der Waals surface area contributed by atoms with E-state index in [0.29, 0.717) is 10.7 Å². The third-order valence-electron chi connectivity index (χ3n) is 2.98. The third kappa shape index (κ3) is 2.73. The van der Waals surface area contributed by atoms with Gasteiger partial charge in [0, 0.05) is 12.1 Å². The second kappa shape index (κ2) is 5.34. The van der Waals surface area contributed by atoms with Gasteiger partial charge in [-0.3, -0.25) is 4.31 Å². The van der Waals surface area contributed by atoms with Crippen molar-refractivity contribution in [1.82, 2.24) is 0 Å². The molecule has 0 atom stereocenters. The second-order valence-electron chi connectivity index (χ2n) is 4.49. The Labute approximate surface area is 123 Å². The number of hydrogen-bond donors (Lipinski definition) is 1. The molecule has 0 spiro atoms. The van der Waals surface area contributed by atoms with E-state index in [1.54, 1.807) is 12.1 Å². The average Bonchev–Trinajstić information content (AvgIpc) is 2.37. The molecular formula is C14H15ClN2O2S. The minimum Gasteiger partial charge on any atom is -0.398 e. The van der Waals surface area contributed by atoms with Gasteiger partial charge in [-0.15, -0.1) is 0 Å². The number of hydrogen-bond acceptors (Lipinski definition) is 3. The van der Waals surface area contributed by atoms with Gasteiger partial charge in [-0.1, -0.05) is 23.7 Å². The maximum Gasteiger partial charge on any atom is 0.266 e. The minimum atomic E-state index is -3.71. The molecule has 6 heteroatoms. The average molecular weight is 311 g/mol. The highest BCUT2D eigenvalue weighted by molar-refractivity contribution is 7.93. The Bertz CT molecular complexity index is 745. The molecule has 0 aromatic heterocycles. The summed E-state index contributed by atoms with van der Waals surface area (Å²) < 4.78 is 26.4. The van der Waals surface area contributed by atoms with Crippen LogP contribution >= 0.6 is 11.6 Å². The van der Waals surface area contributed by atoms with E-state index in [9.17, 15) is 8.42 Å². The van der Waals surface area contributed by atoms with Crippen LogP contribution in [-0.2, 0) is 10.0 Å². The Morgan fingerprint density at radius 3 is 2.45 bits per heavy atom. The Hall–Kier alpha value is -1.72. The van der Waals surface area contributed by atoms with Gasteiger partial charge in [0.15, 0.2) is 0 Å². The summed E-state index contributed by atoms with van der Waals surface area (Å²) in [7, 11) is -2.21. The van der Waals surface area contributed by atoms with Crippen molar-refractivity contribution in [3.63, 3.8) is 0 Å². The van der Waals surface area contributed by atoms with Crippen LogP contribution in [0.25, 0.3) is 0 Å². The summed E-state index contributed by atoms with van der Waals surface area (Å²) in [5.41, 5.74) is 7.46. The number of benzene rings is 2. The van der Waals surface area contributed by atoms with E-state index in [2.05, 4.69) is 0 Å². The van der Waals surface area contributed by atoms with Gasteiger partial charge in [0.25, 0.3) is 10.0 Å². The van der Waals surface area contributed by atoms with Gasteiger partial charge >= 0.3 is 0 Å². The lowest BCUT2D eigenvalue weighted by molar-refractivity contribution is 0.595. The molecule has 0 aliphatic heterocycles. The number of sulfonamides is 1. The van der Waals surface area contributed by atoms with E-state index in [1.807, 2.05) is 19.1 Å². The number of anilines is 2. The lowest BCUT2D eigenvalue weighted by atomic mass is 10.2. The van der Waals surface area contributed by atoms with Crippen molar-refractivity contribution in [1.29, 1.82) is 0 Å². The summed E-state index contributed by atoms with van der Waals surface area (Å²) in [6.07, 6.45) is 0. The van der Waals surface area contributed by atoms with Crippen molar-refractivity contribution < 1.29 is 8.42 Å². The van der Waals surface area contributed by atoms with Crippen molar-refractivity contribution in [3.05, 3.63) is 53.1 Å². The molecule has 106 valence electrons. The molecule has 0 aliphatic rings. The third-order valence-corrected chi connectivity index (χ3v) is 5.07. The molecule has 0 radical (unpaired) electrons. The molecule has 2 N–H and O–H groups in total. The maximum absolute atomic E-state index is 12.6. The van der Waals surface area contributed by atoms with E-state index in [1.165, 1.54) is 29.6 Å². The monoisotopic (exact) mass is 310 g/mol. The molecule has 0 saturated heterocycles. The Morgan fingerprint density at radius 1 is 1.15 bits per heavy atom. The first kappa shape index (κ1) is 14.7. The van der Waals surface area contributed by atoms with Crippen LogP contribution in [0.2, 0.25) is 5.02 Å². The van der Waals surface area contributed by atoms with Gasteiger partial charge in [0.2, 0.25) is 0 Å². The van der Waals surface area contributed by atoms with Crippen LogP contribution in [0.1, 0.15) is 5.56 Å². The molecule has 2 aromatic rings. The van der Waals surface area contributed by atoms with Crippen LogP contribution in [0.3, 0.4) is 0 Å². The summed E-state index contributed by atoms with van der Waals surface area (Å²) in [4.78, 5) is 0.0471. The first-order valence-electron chi connectivity index (χ1n) is 5.93. The molecule has 2 rings (SSSR count). The van der Waals surface area contributed by atoms with Gasteiger partial charge in [-0.2, -0.15) is 0 Å². The highest BCUT2D eigenvalue weighted by Crippen LogP contribution is 2.28. The standard InChI is InChI=1S/C14H15ClN2O2S/c1-10-4-3-5-12(8-10)17(2)20(18,19)14-7-6-11(15)9-13(14)16/h3-9H,16H2,1-2H3. The van der Waals surface area contributed by atoms with Crippen LogP contribution in [0.5, 0.6) is 0 Å². The SMILES string of the molecule is Cc1cccc(N(C)S(=O)(=O)c2ccc(Cl)cc2N)c1. The first-order chi connectivity index (χ1) is 9.32. The zero-order valence-electron chi connectivity index (χ0n) is 11.2. The van der Waals surface area contributed by atoms with Crippen molar-refractivity contribution in [2.24, 2.45) is 0 Å². The van der Waals surface area contributed by atoms with Crippen LogP contribution in [0.4, 0.5) is 11.4 Å². The van der Waals surface area contributed by atoms with Crippen molar-refractivity contribution in [2.45, 2.75) is 11.8 Å². The zero-order chi connectivity index (χ0) is 14.9. The minimum absolute atomic E-state index is 0.0471. The number of nitrogens with two attached hydrogens (primary N) is 1. The summed E-state index contributed by atoms with van der Waals surface area (Å²) in [6.45, 7) is 1.90. The van der Waals surface area contributed by atoms with Crippen LogP contribution in [0, 0.1) is 6.92 Å².